The van der Waals surface area contributed by atoms with Gasteiger partial charge in [0.25, 0.3) is 0 Å². The van der Waals surface area contributed by atoms with Gasteiger partial charge in [-0.05, 0) is 128 Å². The number of hydrogen-bond acceptors (Lipinski definition) is 4. The van der Waals surface area contributed by atoms with Crippen molar-refractivity contribution in [1.29, 1.82) is 0 Å². The Balaban J connectivity index is 1.12. The van der Waals surface area contributed by atoms with E-state index >= 15 is 0 Å². The molecule has 10 rings (SSSR count). The quantitative estimate of drug-likeness (QED) is 0.101. The summed E-state index contributed by atoms with van der Waals surface area (Å²) in [6, 6.07) is 49.7. The van der Waals surface area contributed by atoms with E-state index in [1.54, 1.807) is 24.3 Å². The van der Waals surface area contributed by atoms with Gasteiger partial charge in [-0.1, -0.05) is 102 Å². The zero-order chi connectivity index (χ0) is 49.2. The third-order valence-corrected chi connectivity index (χ3v) is 12.6. The van der Waals surface area contributed by atoms with Crippen LogP contribution in [0.3, 0.4) is 0 Å². The number of ether oxygens (including phenoxy) is 2. The summed E-state index contributed by atoms with van der Waals surface area (Å²) < 4.78 is 97.2. The van der Waals surface area contributed by atoms with Gasteiger partial charge in [-0.15, -0.1) is 0 Å². The van der Waals surface area contributed by atoms with Crippen LogP contribution in [0, 0.1) is 34.9 Å². The van der Waals surface area contributed by atoms with Crippen molar-refractivity contribution in [2.75, 3.05) is 9.80 Å². The van der Waals surface area contributed by atoms with Crippen LogP contribution >= 0.6 is 0 Å². The van der Waals surface area contributed by atoms with Gasteiger partial charge in [0.1, 0.15) is 23.1 Å². The minimum absolute atomic E-state index is 0.0981. The second kappa shape index (κ2) is 17.5. The highest BCUT2D eigenvalue weighted by Crippen LogP contribution is 2.48. The normalized spacial score (nSPS) is 12.0. The van der Waals surface area contributed by atoms with Crippen molar-refractivity contribution < 1.29 is 35.8 Å². The fourth-order valence-electron chi connectivity index (χ4n) is 9.05. The molecule has 10 aromatic rings. The molecule has 0 saturated heterocycles. The molecule has 0 bridgehead atoms. The Hall–Kier alpha value is -7.98. The lowest BCUT2D eigenvalue weighted by Crippen LogP contribution is -2.14. The summed E-state index contributed by atoms with van der Waals surface area (Å²) in [5.41, 5.74) is 7.09. The summed E-state index contributed by atoms with van der Waals surface area (Å²) in [5, 5.41) is 6.03. The van der Waals surface area contributed by atoms with E-state index in [0.29, 0.717) is 24.3 Å². The van der Waals surface area contributed by atoms with Crippen LogP contribution in [0.25, 0.3) is 32.3 Å². The number of hydrogen-bond donors (Lipinski definition) is 0. The Morgan fingerprint density at radius 2 is 0.629 bits per heavy atom. The maximum Gasteiger partial charge on any atom is 0.198 e. The summed E-state index contributed by atoms with van der Waals surface area (Å²) in [4.78, 5) is 4.27. The van der Waals surface area contributed by atoms with Gasteiger partial charge in [-0.3, -0.25) is 0 Å². The standard InChI is InChI=1S/C60H46F6N2O2/c1-59(2,3)37-11-15-41(16-12-37)67(43-19-23-45(24-20-43)69-57-49(63)31-39(61)32-50(57)64)53-29-9-35-8-28-48-54(30-10-36-7-27-47(53)55(35)56(36)48)68(42-17-13-38(14-18-42)60(4,5)6)44-21-25-46(26-22-44)70-58-51(65)33-40(62)34-52(58)66/h7-34H,1-6H3. The Morgan fingerprint density at radius 3 is 0.929 bits per heavy atom. The van der Waals surface area contributed by atoms with Crippen molar-refractivity contribution in [2.45, 2.75) is 52.4 Å². The fraction of sp³-hybridized carbons (Fsp3) is 0.133. The summed E-state index contributed by atoms with van der Waals surface area (Å²) in [6.45, 7) is 13.0. The number of anilines is 6. The average Bonchev–Trinajstić information content (AvgIpc) is 3.32. The molecule has 10 heteroatoms. The molecule has 0 atom stereocenters. The first-order valence-corrected chi connectivity index (χ1v) is 22.8. The molecule has 4 nitrogen and oxygen atoms in total. The van der Waals surface area contributed by atoms with Crippen molar-refractivity contribution in [3.8, 4) is 23.0 Å². The smallest absolute Gasteiger partial charge is 0.198 e. The molecule has 0 saturated carbocycles. The maximum absolute atomic E-state index is 14.6. The number of rotatable bonds is 10. The van der Waals surface area contributed by atoms with Crippen LogP contribution < -0.4 is 19.3 Å². The third kappa shape index (κ3) is 8.59. The molecular weight excluding hydrogens is 895 g/mol. The van der Waals surface area contributed by atoms with E-state index < -0.39 is 46.4 Å². The highest BCUT2D eigenvalue weighted by Gasteiger charge is 2.24. The van der Waals surface area contributed by atoms with Gasteiger partial charge < -0.3 is 19.3 Å². The van der Waals surface area contributed by atoms with Crippen molar-refractivity contribution in [3.63, 3.8) is 0 Å². The second-order valence-electron chi connectivity index (χ2n) is 19.4. The van der Waals surface area contributed by atoms with E-state index in [1.807, 2.05) is 24.3 Å². The van der Waals surface area contributed by atoms with Crippen molar-refractivity contribution >= 4 is 66.4 Å². The molecule has 0 spiro atoms. The molecule has 70 heavy (non-hydrogen) atoms. The Labute approximate surface area is 401 Å². The van der Waals surface area contributed by atoms with Crippen molar-refractivity contribution in [1.82, 2.24) is 0 Å². The van der Waals surface area contributed by atoms with E-state index in [0.717, 1.165) is 77.6 Å². The lowest BCUT2D eigenvalue weighted by molar-refractivity contribution is 0.401. The fourth-order valence-corrected chi connectivity index (χ4v) is 9.05. The van der Waals surface area contributed by atoms with Crippen LogP contribution in [0.15, 0.2) is 170 Å². The summed E-state index contributed by atoms with van der Waals surface area (Å²) in [5.74, 6) is -7.76. The maximum atomic E-state index is 14.6. The van der Waals surface area contributed by atoms with Crippen LogP contribution in [0.2, 0.25) is 0 Å². The second-order valence-corrected chi connectivity index (χ2v) is 19.4. The lowest BCUT2D eigenvalue weighted by Gasteiger charge is -2.30. The van der Waals surface area contributed by atoms with E-state index in [1.165, 1.54) is 0 Å². The predicted molar refractivity (Wildman–Crippen MR) is 270 cm³/mol. The Kier molecular flexibility index (Phi) is 11.5. The molecule has 0 aliphatic heterocycles. The molecule has 350 valence electrons. The van der Waals surface area contributed by atoms with Crippen LogP contribution in [0.1, 0.15) is 52.7 Å². The Bertz CT molecular complexity index is 3280. The van der Waals surface area contributed by atoms with Gasteiger partial charge in [0.05, 0.1) is 11.4 Å². The lowest BCUT2D eigenvalue weighted by atomic mass is 9.87. The molecule has 0 N–H and O–H groups in total. The zero-order valence-corrected chi connectivity index (χ0v) is 39.1. The molecule has 0 fully saturated rings. The summed E-state index contributed by atoms with van der Waals surface area (Å²) in [7, 11) is 0. The molecule has 0 aromatic heterocycles. The van der Waals surface area contributed by atoms with Gasteiger partial charge in [-0.25, -0.2) is 26.3 Å². The van der Waals surface area contributed by atoms with E-state index in [9.17, 15) is 26.3 Å². The average molecular weight is 941 g/mol. The van der Waals surface area contributed by atoms with Crippen molar-refractivity contribution in [2.24, 2.45) is 0 Å². The van der Waals surface area contributed by atoms with E-state index in [-0.39, 0.29) is 22.3 Å². The zero-order valence-electron chi connectivity index (χ0n) is 39.1. The first-order chi connectivity index (χ1) is 33.4. The summed E-state index contributed by atoms with van der Waals surface area (Å²) >= 11 is 0. The van der Waals surface area contributed by atoms with Crippen molar-refractivity contribution in [3.05, 3.63) is 216 Å². The van der Waals surface area contributed by atoms with Crippen LogP contribution in [-0.4, -0.2) is 0 Å². The minimum atomic E-state index is -1.15. The molecular formula is C60H46F6N2O2. The first kappa shape index (κ1) is 45.8. The number of halogens is 6. The van der Waals surface area contributed by atoms with Gasteiger partial charge in [-0.2, -0.15) is 0 Å². The van der Waals surface area contributed by atoms with Gasteiger partial charge in [0.15, 0.2) is 34.8 Å². The molecule has 0 aliphatic rings. The van der Waals surface area contributed by atoms with Crippen LogP contribution in [0.4, 0.5) is 60.5 Å². The van der Waals surface area contributed by atoms with E-state index in [2.05, 4.69) is 148 Å². The predicted octanol–water partition coefficient (Wildman–Crippen LogP) is 18.5. The molecule has 0 amide bonds. The third-order valence-electron chi connectivity index (χ3n) is 12.6. The number of benzene rings is 10. The topological polar surface area (TPSA) is 24.9 Å². The van der Waals surface area contributed by atoms with Crippen LogP contribution in [0.5, 0.6) is 23.0 Å². The van der Waals surface area contributed by atoms with E-state index in [4.69, 9.17) is 9.47 Å². The highest BCUT2D eigenvalue weighted by molar-refractivity contribution is 6.28. The number of nitrogens with zero attached hydrogens (tertiary/aromatic N) is 2. The molecule has 10 aromatic carbocycles. The molecule has 0 heterocycles. The van der Waals surface area contributed by atoms with Gasteiger partial charge in [0, 0.05) is 57.8 Å². The molecule has 0 aliphatic carbocycles. The first-order valence-electron chi connectivity index (χ1n) is 22.8. The molecule has 0 unspecified atom stereocenters. The van der Waals surface area contributed by atoms with Crippen LogP contribution in [-0.2, 0) is 10.8 Å². The largest absolute Gasteiger partial charge is 0.451 e. The van der Waals surface area contributed by atoms with Gasteiger partial charge in [0.2, 0.25) is 0 Å². The highest BCUT2D eigenvalue weighted by atomic mass is 19.2. The monoisotopic (exact) mass is 940 g/mol. The SMILES string of the molecule is CC(C)(C)c1ccc(N(c2ccc(Oc3c(F)cc(F)cc3F)cc2)c2ccc3ccc4c(N(c5ccc(Oc6c(F)cc(F)cc6F)cc5)c5ccc(C(C)(C)C)cc5)ccc5ccc2c3c54)cc1. The summed E-state index contributed by atoms with van der Waals surface area (Å²) in [6.07, 6.45) is 0. The Morgan fingerprint density at radius 1 is 0.343 bits per heavy atom. The minimum Gasteiger partial charge on any atom is -0.451 e. The molecule has 0 radical (unpaired) electrons. The van der Waals surface area contributed by atoms with Gasteiger partial charge >= 0.3 is 0 Å².